The highest BCUT2D eigenvalue weighted by Crippen LogP contribution is 2.35. The molecule has 1 aliphatic rings. The van der Waals surface area contributed by atoms with Gasteiger partial charge in [-0.2, -0.15) is 5.01 Å². The highest BCUT2D eigenvalue weighted by molar-refractivity contribution is 7.22. The fourth-order valence-electron chi connectivity index (χ4n) is 5.19. The number of hydrogen-bond donors (Lipinski definition) is 1. The first-order chi connectivity index (χ1) is 19.8. The number of phenolic OH excluding ortho intramolecular Hbond substituents is 1. The predicted molar refractivity (Wildman–Crippen MR) is 158 cm³/mol. The molecule has 2 aromatic carbocycles. The van der Waals surface area contributed by atoms with E-state index in [2.05, 4.69) is 29.1 Å². The average molecular weight is 593 g/mol. The fourth-order valence-corrected chi connectivity index (χ4v) is 6.94. The van der Waals surface area contributed by atoms with Crippen LogP contribution in [-0.4, -0.2) is 45.7 Å². The molecule has 1 N–H and O–H groups in total. The van der Waals surface area contributed by atoms with E-state index < -0.39 is 29.5 Å². The number of likely N-dealkylation sites (tertiary alicyclic amines) is 1. The summed E-state index contributed by atoms with van der Waals surface area (Å²) in [5, 5.41) is 13.0. The third-order valence-electron chi connectivity index (χ3n) is 7.45. The molecule has 0 bridgehead atoms. The molecule has 1 aliphatic heterocycles. The minimum Gasteiger partial charge on any atom is -0.508 e. The lowest BCUT2D eigenvalue weighted by molar-refractivity contribution is -0.118. The van der Waals surface area contributed by atoms with Gasteiger partial charge in [-0.3, -0.25) is 9.59 Å². The number of hydrogen-bond acceptors (Lipinski definition) is 7. The van der Waals surface area contributed by atoms with Crippen LogP contribution in [0, 0.1) is 11.6 Å². The molecule has 7 nitrogen and oxygen atoms in total. The Kier molecular flexibility index (Phi) is 7.41. The first-order valence-electron chi connectivity index (χ1n) is 13.1. The third kappa shape index (κ3) is 5.40. The van der Waals surface area contributed by atoms with E-state index in [0.29, 0.717) is 5.92 Å². The number of phenols is 1. The topological polar surface area (TPSA) is 78.7 Å². The number of amides is 1. The summed E-state index contributed by atoms with van der Waals surface area (Å²) >= 11 is 2.24. The maximum Gasteiger partial charge on any atom is 0.287 e. The monoisotopic (exact) mass is 592 g/mol. The van der Waals surface area contributed by atoms with Gasteiger partial charge >= 0.3 is 0 Å². The molecule has 0 spiro atoms. The van der Waals surface area contributed by atoms with E-state index in [1.54, 1.807) is 11.4 Å². The van der Waals surface area contributed by atoms with E-state index >= 15 is 4.39 Å². The van der Waals surface area contributed by atoms with E-state index in [1.807, 2.05) is 12.1 Å². The van der Waals surface area contributed by atoms with Gasteiger partial charge in [0.05, 0.1) is 12.6 Å². The van der Waals surface area contributed by atoms with E-state index in [4.69, 9.17) is 0 Å². The SMILES string of the molecule is CN1CCC(c2ccc(-c3cc4c(F)cn(N(C(=O)Cc5cc(F)ccc5O)c5nccs5)c(=O)c4s3)cc2)CC1. The lowest BCUT2D eigenvalue weighted by Gasteiger charge is -2.29. The van der Waals surface area contributed by atoms with Crippen LogP contribution >= 0.6 is 22.7 Å². The molecule has 0 aliphatic carbocycles. The minimum absolute atomic E-state index is 0.0354. The second-order valence-electron chi connectivity index (χ2n) is 10.1. The molecule has 4 heterocycles. The summed E-state index contributed by atoms with van der Waals surface area (Å²) in [4.78, 5) is 34.4. The number of rotatable bonds is 6. The van der Waals surface area contributed by atoms with Crippen molar-refractivity contribution in [3.8, 4) is 16.2 Å². The van der Waals surface area contributed by atoms with Crippen molar-refractivity contribution in [3.63, 3.8) is 0 Å². The molecule has 1 fully saturated rings. The lowest BCUT2D eigenvalue weighted by Crippen LogP contribution is -2.43. The van der Waals surface area contributed by atoms with Gasteiger partial charge in [0.25, 0.3) is 11.5 Å². The zero-order valence-corrected chi connectivity index (χ0v) is 23.7. The highest BCUT2D eigenvalue weighted by atomic mass is 32.1. The van der Waals surface area contributed by atoms with Crippen LogP contribution in [0.3, 0.4) is 0 Å². The lowest BCUT2D eigenvalue weighted by atomic mass is 9.89. The third-order valence-corrected chi connectivity index (χ3v) is 9.37. The largest absolute Gasteiger partial charge is 0.508 e. The minimum atomic E-state index is -0.692. The van der Waals surface area contributed by atoms with Crippen molar-refractivity contribution in [2.45, 2.75) is 25.2 Å². The number of aromatic nitrogens is 2. The molecule has 5 aromatic rings. The van der Waals surface area contributed by atoms with Crippen molar-refractivity contribution in [2.24, 2.45) is 0 Å². The second kappa shape index (κ2) is 11.2. The van der Waals surface area contributed by atoms with Crippen LogP contribution in [0.25, 0.3) is 20.5 Å². The number of halogens is 2. The zero-order chi connectivity index (χ0) is 28.7. The Labute approximate surface area is 242 Å². The normalized spacial score (nSPS) is 14.5. The quantitative estimate of drug-likeness (QED) is 0.261. The van der Waals surface area contributed by atoms with Crippen LogP contribution in [-0.2, 0) is 11.2 Å². The summed E-state index contributed by atoms with van der Waals surface area (Å²) in [6.45, 7) is 2.14. The standard InChI is InChI=1S/C30H26F2N4O3S2/c1-34-11-8-19(9-12-34)18-2-4-20(5-3-18)26-16-23-24(32)17-35(29(39)28(23)41-26)36(30-33-10-13-40-30)27(38)15-21-14-22(31)6-7-25(21)37/h2-7,10,13-14,16-17,19,37H,8-9,11-12,15H2,1H3. The van der Waals surface area contributed by atoms with E-state index in [0.717, 1.165) is 93.1 Å². The van der Waals surface area contributed by atoms with Crippen LogP contribution in [0.4, 0.5) is 13.9 Å². The van der Waals surface area contributed by atoms with Crippen molar-refractivity contribution < 1.29 is 18.7 Å². The summed E-state index contributed by atoms with van der Waals surface area (Å²) < 4.78 is 30.4. The molecule has 6 rings (SSSR count). The van der Waals surface area contributed by atoms with Gasteiger partial charge in [0.1, 0.15) is 22.1 Å². The Morgan fingerprint density at radius 2 is 1.88 bits per heavy atom. The van der Waals surface area contributed by atoms with Gasteiger partial charge in [0.2, 0.25) is 5.13 Å². The van der Waals surface area contributed by atoms with Crippen LogP contribution in [0.1, 0.15) is 29.9 Å². The number of fused-ring (bicyclic) bond motifs is 1. The number of benzene rings is 2. The molecule has 210 valence electrons. The number of piperidine rings is 1. The summed E-state index contributed by atoms with van der Waals surface area (Å²) in [7, 11) is 2.13. The van der Waals surface area contributed by atoms with Gasteiger partial charge in [-0.25, -0.2) is 18.4 Å². The molecule has 0 radical (unpaired) electrons. The number of nitrogens with zero attached hydrogens (tertiary/aromatic N) is 4. The van der Waals surface area contributed by atoms with Gasteiger partial charge in [0.15, 0.2) is 0 Å². The Balaban J connectivity index is 1.35. The number of thiazole rings is 1. The number of aromatic hydroxyl groups is 1. The van der Waals surface area contributed by atoms with Crippen molar-refractivity contribution in [1.29, 1.82) is 0 Å². The molecule has 3 aromatic heterocycles. The van der Waals surface area contributed by atoms with Gasteiger partial charge in [-0.05, 0) is 74.3 Å². The van der Waals surface area contributed by atoms with Crippen molar-refractivity contribution in [3.05, 3.63) is 99.4 Å². The maximum atomic E-state index is 15.5. The number of pyridine rings is 1. The smallest absolute Gasteiger partial charge is 0.287 e. The molecule has 1 saturated heterocycles. The van der Waals surface area contributed by atoms with Crippen LogP contribution in [0.2, 0.25) is 0 Å². The Morgan fingerprint density at radius 3 is 2.59 bits per heavy atom. The molecule has 41 heavy (non-hydrogen) atoms. The fraction of sp³-hybridized carbons (Fsp3) is 0.233. The molecular weight excluding hydrogens is 566 g/mol. The van der Waals surface area contributed by atoms with E-state index in [1.165, 1.54) is 11.8 Å². The van der Waals surface area contributed by atoms with E-state index in [9.17, 15) is 19.1 Å². The number of anilines is 1. The molecule has 1 amide bonds. The van der Waals surface area contributed by atoms with Gasteiger partial charge < -0.3 is 10.0 Å². The van der Waals surface area contributed by atoms with Crippen LogP contribution in [0.5, 0.6) is 5.75 Å². The van der Waals surface area contributed by atoms with E-state index in [-0.39, 0.29) is 26.5 Å². The average Bonchev–Trinajstić information content (AvgIpc) is 3.66. The predicted octanol–water partition coefficient (Wildman–Crippen LogP) is 6.02. The molecule has 0 saturated carbocycles. The summed E-state index contributed by atoms with van der Waals surface area (Å²) in [6, 6.07) is 13.2. The second-order valence-corrected chi connectivity index (χ2v) is 12.1. The number of thiophene rings is 1. The Hall–Kier alpha value is -3.93. The Morgan fingerprint density at radius 1 is 1.12 bits per heavy atom. The zero-order valence-electron chi connectivity index (χ0n) is 22.1. The van der Waals surface area contributed by atoms with Crippen molar-refractivity contribution in [1.82, 2.24) is 14.6 Å². The highest BCUT2D eigenvalue weighted by Gasteiger charge is 2.26. The van der Waals surface area contributed by atoms with Gasteiger partial charge in [-0.15, -0.1) is 22.7 Å². The molecule has 0 unspecified atom stereocenters. The first-order valence-corrected chi connectivity index (χ1v) is 14.8. The molecular formula is C30H26F2N4O3S2. The maximum absolute atomic E-state index is 15.5. The Bertz CT molecular complexity index is 1780. The van der Waals surface area contributed by atoms with Crippen molar-refractivity contribution >= 4 is 43.8 Å². The first kappa shape index (κ1) is 27.3. The van der Waals surface area contributed by atoms with Gasteiger partial charge in [0, 0.05) is 27.4 Å². The molecule has 11 heteroatoms. The molecule has 0 atom stereocenters. The summed E-state index contributed by atoms with van der Waals surface area (Å²) in [6.07, 6.45) is 4.20. The van der Waals surface area contributed by atoms with Gasteiger partial charge in [-0.1, -0.05) is 24.3 Å². The number of carbonyl (C=O) groups is 1. The van der Waals surface area contributed by atoms with Crippen molar-refractivity contribution in [2.75, 3.05) is 25.1 Å². The number of carbonyl (C=O) groups excluding carboxylic acids is 1. The summed E-state index contributed by atoms with van der Waals surface area (Å²) in [5.74, 6) is -1.74. The van der Waals surface area contributed by atoms with Crippen LogP contribution in [0.15, 0.2) is 71.1 Å². The van der Waals surface area contributed by atoms with Crippen LogP contribution < -0.4 is 10.6 Å². The summed E-state index contributed by atoms with van der Waals surface area (Å²) in [5.41, 5.74) is 1.60.